The molecular formula is C17H26N2O2. The van der Waals surface area contributed by atoms with Crippen LogP contribution in [0.4, 0.5) is 5.69 Å². The van der Waals surface area contributed by atoms with Gasteiger partial charge < -0.3 is 14.8 Å². The van der Waals surface area contributed by atoms with Crippen molar-refractivity contribution in [3.63, 3.8) is 0 Å². The van der Waals surface area contributed by atoms with E-state index in [-0.39, 0.29) is 0 Å². The lowest BCUT2D eigenvalue weighted by Gasteiger charge is -2.25. The van der Waals surface area contributed by atoms with E-state index in [4.69, 9.17) is 9.47 Å². The largest absolute Gasteiger partial charge is 0.475 e. The predicted octanol–water partition coefficient (Wildman–Crippen LogP) is 3.51. The zero-order valence-electron chi connectivity index (χ0n) is 13.3. The van der Waals surface area contributed by atoms with Crippen LogP contribution < -0.4 is 10.1 Å². The van der Waals surface area contributed by atoms with Gasteiger partial charge in [-0.15, -0.1) is 0 Å². The van der Waals surface area contributed by atoms with Crippen molar-refractivity contribution in [2.45, 2.75) is 26.7 Å². The fourth-order valence-corrected chi connectivity index (χ4v) is 2.90. The summed E-state index contributed by atoms with van der Waals surface area (Å²) in [4.78, 5) is 4.29. The molecule has 2 unspecified atom stereocenters. The Kier molecular flexibility index (Phi) is 6.05. The van der Waals surface area contributed by atoms with Gasteiger partial charge in [-0.3, -0.25) is 0 Å². The van der Waals surface area contributed by atoms with Crippen LogP contribution in [0.15, 0.2) is 30.0 Å². The van der Waals surface area contributed by atoms with E-state index in [1.54, 1.807) is 7.11 Å². The number of methoxy groups -OCH3 is 1. The monoisotopic (exact) mass is 290 g/mol. The molecule has 0 aromatic carbocycles. The molecule has 1 N–H and O–H groups in total. The molecular weight excluding hydrogens is 264 g/mol. The molecule has 4 nitrogen and oxygen atoms in total. The van der Waals surface area contributed by atoms with Gasteiger partial charge in [-0.2, -0.15) is 0 Å². The number of nitrogens with zero attached hydrogens (tertiary/aromatic N) is 1. The Morgan fingerprint density at radius 3 is 2.86 bits per heavy atom. The number of nitrogens with one attached hydrogen (secondary N) is 1. The highest BCUT2D eigenvalue weighted by molar-refractivity contribution is 5.42. The molecule has 0 bridgehead atoms. The molecule has 4 heteroatoms. The maximum Gasteiger partial charge on any atom is 0.213 e. The Labute approximate surface area is 127 Å². The Morgan fingerprint density at radius 1 is 1.33 bits per heavy atom. The van der Waals surface area contributed by atoms with Crippen LogP contribution in [-0.2, 0) is 4.74 Å². The van der Waals surface area contributed by atoms with Gasteiger partial charge in [0.25, 0.3) is 0 Å². The molecule has 1 aromatic rings. The molecule has 0 saturated carbocycles. The fourth-order valence-electron chi connectivity index (χ4n) is 2.90. The average molecular weight is 290 g/mol. The van der Waals surface area contributed by atoms with Crippen LogP contribution in [0.3, 0.4) is 0 Å². The van der Waals surface area contributed by atoms with E-state index in [0.29, 0.717) is 30.9 Å². The molecule has 1 aliphatic rings. The number of hydrogen-bond acceptors (Lipinski definition) is 4. The summed E-state index contributed by atoms with van der Waals surface area (Å²) in [6, 6.07) is 3.91. The molecule has 116 valence electrons. The average Bonchev–Trinajstić information content (AvgIpc) is 2.46. The summed E-state index contributed by atoms with van der Waals surface area (Å²) in [5, 5.41) is 3.48. The van der Waals surface area contributed by atoms with Crippen LogP contribution in [0.25, 0.3) is 0 Å². The van der Waals surface area contributed by atoms with E-state index in [1.165, 1.54) is 18.4 Å². The molecule has 1 aromatic heterocycles. The minimum absolute atomic E-state index is 0.530. The third-order valence-corrected chi connectivity index (χ3v) is 3.75. The maximum atomic E-state index is 5.45. The van der Waals surface area contributed by atoms with Gasteiger partial charge in [-0.25, -0.2) is 4.98 Å². The van der Waals surface area contributed by atoms with Crippen molar-refractivity contribution in [1.82, 2.24) is 4.98 Å². The Hall–Kier alpha value is -1.55. The van der Waals surface area contributed by atoms with Crippen LogP contribution in [0, 0.1) is 11.8 Å². The van der Waals surface area contributed by atoms with Crippen LogP contribution in [0.5, 0.6) is 5.88 Å². The number of pyridine rings is 1. The molecule has 2 atom stereocenters. The van der Waals surface area contributed by atoms with Gasteiger partial charge in [0.05, 0.1) is 18.5 Å². The van der Waals surface area contributed by atoms with Crippen molar-refractivity contribution in [1.29, 1.82) is 0 Å². The van der Waals surface area contributed by atoms with Crippen LogP contribution in [0.2, 0.25) is 0 Å². The Morgan fingerprint density at radius 2 is 2.19 bits per heavy atom. The summed E-state index contributed by atoms with van der Waals surface area (Å²) in [5.41, 5.74) is 2.56. The molecule has 1 aliphatic carbocycles. The van der Waals surface area contributed by atoms with Crippen LogP contribution in [0.1, 0.15) is 26.7 Å². The predicted molar refractivity (Wildman–Crippen MR) is 85.7 cm³/mol. The van der Waals surface area contributed by atoms with Crippen molar-refractivity contribution < 1.29 is 9.47 Å². The molecule has 0 spiro atoms. The highest BCUT2D eigenvalue weighted by atomic mass is 16.5. The lowest BCUT2D eigenvalue weighted by Crippen LogP contribution is -2.20. The third kappa shape index (κ3) is 5.38. The van der Waals surface area contributed by atoms with Crippen molar-refractivity contribution in [2.75, 3.05) is 32.2 Å². The summed E-state index contributed by atoms with van der Waals surface area (Å²) in [6.07, 6.45) is 6.68. The summed E-state index contributed by atoms with van der Waals surface area (Å²) in [6.45, 7) is 6.64. The molecule has 0 radical (unpaired) electrons. The molecule has 0 amide bonds. The van der Waals surface area contributed by atoms with Crippen molar-refractivity contribution >= 4 is 5.69 Å². The van der Waals surface area contributed by atoms with E-state index >= 15 is 0 Å². The highest BCUT2D eigenvalue weighted by Crippen LogP contribution is 2.28. The minimum Gasteiger partial charge on any atom is -0.475 e. The SMILES string of the molecule is COCCOc1ccc(NCC2CC(C)=CC(C)C2)cn1. The van der Waals surface area contributed by atoms with Gasteiger partial charge in [0.15, 0.2) is 0 Å². The first-order valence-corrected chi connectivity index (χ1v) is 7.66. The van der Waals surface area contributed by atoms with Crippen LogP contribution in [-0.4, -0.2) is 31.9 Å². The minimum atomic E-state index is 0.530. The molecule has 1 heterocycles. The molecule has 2 rings (SSSR count). The normalized spacial score (nSPS) is 21.8. The van der Waals surface area contributed by atoms with Crippen molar-refractivity contribution in [3.05, 3.63) is 30.0 Å². The first-order valence-electron chi connectivity index (χ1n) is 7.66. The summed E-state index contributed by atoms with van der Waals surface area (Å²) >= 11 is 0. The maximum absolute atomic E-state index is 5.45. The number of hydrogen-bond donors (Lipinski definition) is 1. The molecule has 0 fully saturated rings. The Bertz CT molecular complexity index is 456. The Balaban J connectivity index is 1.77. The lowest BCUT2D eigenvalue weighted by molar-refractivity contribution is 0.144. The zero-order chi connectivity index (χ0) is 15.1. The lowest BCUT2D eigenvalue weighted by atomic mass is 9.84. The number of aromatic nitrogens is 1. The molecule has 0 saturated heterocycles. The van der Waals surface area contributed by atoms with E-state index in [0.717, 1.165) is 12.2 Å². The second-order valence-corrected chi connectivity index (χ2v) is 5.90. The van der Waals surface area contributed by atoms with E-state index in [1.807, 2.05) is 18.3 Å². The summed E-state index contributed by atoms with van der Waals surface area (Å²) in [7, 11) is 1.66. The van der Waals surface area contributed by atoms with E-state index < -0.39 is 0 Å². The number of ether oxygens (including phenoxy) is 2. The van der Waals surface area contributed by atoms with Gasteiger partial charge in [0, 0.05) is 19.7 Å². The quantitative estimate of drug-likeness (QED) is 0.616. The highest BCUT2D eigenvalue weighted by Gasteiger charge is 2.17. The number of rotatable bonds is 7. The van der Waals surface area contributed by atoms with Crippen molar-refractivity contribution in [3.8, 4) is 5.88 Å². The topological polar surface area (TPSA) is 43.4 Å². The second kappa shape index (κ2) is 8.03. The fraction of sp³-hybridized carbons (Fsp3) is 0.588. The van der Waals surface area contributed by atoms with Gasteiger partial charge in [0.2, 0.25) is 5.88 Å². The van der Waals surface area contributed by atoms with E-state index in [9.17, 15) is 0 Å². The van der Waals surface area contributed by atoms with Gasteiger partial charge in [-0.1, -0.05) is 18.6 Å². The van der Waals surface area contributed by atoms with Gasteiger partial charge >= 0.3 is 0 Å². The number of allylic oxidation sites excluding steroid dienone is 2. The van der Waals surface area contributed by atoms with Crippen LogP contribution >= 0.6 is 0 Å². The van der Waals surface area contributed by atoms with Gasteiger partial charge in [-0.05, 0) is 37.7 Å². The molecule has 0 aliphatic heterocycles. The smallest absolute Gasteiger partial charge is 0.213 e. The number of anilines is 1. The first-order chi connectivity index (χ1) is 10.2. The molecule has 21 heavy (non-hydrogen) atoms. The second-order valence-electron chi connectivity index (χ2n) is 5.90. The van der Waals surface area contributed by atoms with Gasteiger partial charge in [0.1, 0.15) is 6.61 Å². The summed E-state index contributed by atoms with van der Waals surface area (Å²) in [5.74, 6) is 2.05. The summed E-state index contributed by atoms with van der Waals surface area (Å²) < 4.78 is 10.4. The first kappa shape index (κ1) is 15.8. The van der Waals surface area contributed by atoms with Crippen molar-refractivity contribution in [2.24, 2.45) is 11.8 Å². The standard InChI is InChI=1S/C17H26N2O2/c1-13-8-14(2)10-15(9-13)11-18-16-4-5-17(19-12-16)21-7-6-20-3/h4-5,8,12-13,15,18H,6-7,9-11H2,1-3H3. The third-order valence-electron chi connectivity index (χ3n) is 3.75. The zero-order valence-corrected chi connectivity index (χ0v) is 13.3. The van der Waals surface area contributed by atoms with E-state index in [2.05, 4.69) is 30.2 Å².